The molecule has 0 bridgehead atoms. The minimum atomic E-state index is -0.485. The van der Waals surface area contributed by atoms with Gasteiger partial charge in [0.15, 0.2) is 0 Å². The number of hydrogen-bond donors (Lipinski definition) is 2. The molecule has 0 atom stereocenters. The maximum atomic E-state index is 10.4. The smallest absolute Gasteiger partial charge is 0.0951 e. The van der Waals surface area contributed by atoms with Crippen LogP contribution in [0, 0.1) is 0 Å². The Bertz CT molecular complexity index is 367. The maximum Gasteiger partial charge on any atom is 0.0951 e. The first-order valence-corrected chi connectivity index (χ1v) is 7.04. The van der Waals surface area contributed by atoms with E-state index in [4.69, 9.17) is 0 Å². The summed E-state index contributed by atoms with van der Waals surface area (Å²) in [6.07, 6.45) is 9.22. The number of imidazole rings is 1. The predicted octanol–water partition coefficient (Wildman–Crippen LogP) is 2.25. The first kappa shape index (κ1) is 13.6. The topological polar surface area (TPSA) is 50.1 Å². The van der Waals surface area contributed by atoms with E-state index < -0.39 is 5.60 Å². The SMILES string of the molecule is CC(C)n1cncc1CNCC1(O)CCCCC1. The lowest BCUT2D eigenvalue weighted by molar-refractivity contribution is 0.00456. The highest BCUT2D eigenvalue weighted by Gasteiger charge is 2.28. The standard InChI is InChI=1S/C14H25N3O/c1-12(2)17-11-16-9-13(17)8-15-10-14(18)6-4-3-5-7-14/h9,11-12,15,18H,3-8,10H2,1-2H3. The molecule has 4 nitrogen and oxygen atoms in total. The molecule has 0 aromatic carbocycles. The molecule has 1 aromatic heterocycles. The van der Waals surface area contributed by atoms with Crippen molar-refractivity contribution in [1.29, 1.82) is 0 Å². The normalized spacial score (nSPS) is 19.3. The van der Waals surface area contributed by atoms with Crippen LogP contribution in [-0.4, -0.2) is 26.8 Å². The second kappa shape index (κ2) is 5.85. The highest BCUT2D eigenvalue weighted by molar-refractivity contribution is 5.00. The summed E-state index contributed by atoms with van der Waals surface area (Å²) in [4.78, 5) is 4.19. The van der Waals surface area contributed by atoms with Crippen LogP contribution >= 0.6 is 0 Å². The first-order chi connectivity index (χ1) is 8.61. The van der Waals surface area contributed by atoms with E-state index >= 15 is 0 Å². The Hall–Kier alpha value is -0.870. The van der Waals surface area contributed by atoms with Crippen molar-refractivity contribution in [3.63, 3.8) is 0 Å². The minimum Gasteiger partial charge on any atom is -0.389 e. The van der Waals surface area contributed by atoms with E-state index in [9.17, 15) is 5.11 Å². The zero-order chi connectivity index (χ0) is 13.0. The predicted molar refractivity (Wildman–Crippen MR) is 72.4 cm³/mol. The molecule has 1 aromatic rings. The Kier molecular flexibility index (Phi) is 4.40. The average Bonchev–Trinajstić information content (AvgIpc) is 2.78. The summed E-state index contributed by atoms with van der Waals surface area (Å²) in [5, 5.41) is 13.8. The lowest BCUT2D eigenvalue weighted by atomic mass is 9.85. The van der Waals surface area contributed by atoms with Crippen LogP contribution in [0.1, 0.15) is 57.7 Å². The van der Waals surface area contributed by atoms with Crippen molar-refractivity contribution in [3.05, 3.63) is 18.2 Å². The zero-order valence-corrected chi connectivity index (χ0v) is 11.5. The lowest BCUT2D eigenvalue weighted by Gasteiger charge is -2.32. The molecular weight excluding hydrogens is 226 g/mol. The highest BCUT2D eigenvalue weighted by Crippen LogP contribution is 2.27. The van der Waals surface area contributed by atoms with Gasteiger partial charge in [0.1, 0.15) is 0 Å². The average molecular weight is 251 g/mol. The Balaban J connectivity index is 1.82. The van der Waals surface area contributed by atoms with E-state index in [0.29, 0.717) is 12.6 Å². The summed E-state index contributed by atoms with van der Waals surface area (Å²) >= 11 is 0. The summed E-state index contributed by atoms with van der Waals surface area (Å²) in [5.74, 6) is 0. The van der Waals surface area contributed by atoms with Gasteiger partial charge in [0.2, 0.25) is 0 Å². The number of hydrogen-bond acceptors (Lipinski definition) is 3. The fourth-order valence-electron chi connectivity index (χ4n) is 2.74. The molecule has 1 fully saturated rings. The molecule has 1 saturated carbocycles. The molecule has 1 heterocycles. The van der Waals surface area contributed by atoms with Gasteiger partial charge in [-0.2, -0.15) is 0 Å². The monoisotopic (exact) mass is 251 g/mol. The lowest BCUT2D eigenvalue weighted by Crippen LogP contribution is -2.42. The number of rotatable bonds is 5. The van der Waals surface area contributed by atoms with Crippen LogP contribution in [-0.2, 0) is 6.54 Å². The van der Waals surface area contributed by atoms with Crippen molar-refractivity contribution in [2.75, 3.05) is 6.54 Å². The molecule has 0 unspecified atom stereocenters. The zero-order valence-electron chi connectivity index (χ0n) is 11.5. The summed E-state index contributed by atoms with van der Waals surface area (Å²) in [7, 11) is 0. The summed E-state index contributed by atoms with van der Waals surface area (Å²) in [5.41, 5.74) is 0.699. The second-order valence-corrected chi connectivity index (χ2v) is 5.77. The fraction of sp³-hybridized carbons (Fsp3) is 0.786. The van der Waals surface area contributed by atoms with Gasteiger partial charge in [0, 0.05) is 25.3 Å². The van der Waals surface area contributed by atoms with Gasteiger partial charge in [0.05, 0.1) is 17.6 Å². The Morgan fingerprint density at radius 1 is 1.39 bits per heavy atom. The number of aliphatic hydroxyl groups is 1. The molecule has 18 heavy (non-hydrogen) atoms. The van der Waals surface area contributed by atoms with E-state index in [1.54, 1.807) is 0 Å². The molecule has 4 heteroatoms. The molecule has 1 aliphatic carbocycles. The molecule has 102 valence electrons. The number of nitrogens with zero attached hydrogens (tertiary/aromatic N) is 2. The minimum absolute atomic E-state index is 0.432. The summed E-state index contributed by atoms with van der Waals surface area (Å²) in [6.45, 7) is 5.77. The second-order valence-electron chi connectivity index (χ2n) is 5.77. The first-order valence-electron chi connectivity index (χ1n) is 7.04. The van der Waals surface area contributed by atoms with Crippen LogP contribution in [0.25, 0.3) is 0 Å². The molecule has 2 rings (SSSR count). The van der Waals surface area contributed by atoms with Crippen molar-refractivity contribution >= 4 is 0 Å². The van der Waals surface area contributed by atoms with Crippen LogP contribution in [0.15, 0.2) is 12.5 Å². The summed E-state index contributed by atoms with van der Waals surface area (Å²) in [6, 6.07) is 0.432. The van der Waals surface area contributed by atoms with Gasteiger partial charge in [-0.15, -0.1) is 0 Å². The quantitative estimate of drug-likeness (QED) is 0.844. The summed E-state index contributed by atoms with van der Waals surface area (Å²) < 4.78 is 2.16. The molecule has 0 amide bonds. The Labute approximate surface area is 109 Å². The molecule has 0 radical (unpaired) electrons. The van der Waals surface area contributed by atoms with Crippen LogP contribution in [0.2, 0.25) is 0 Å². The maximum absolute atomic E-state index is 10.4. The van der Waals surface area contributed by atoms with Gasteiger partial charge in [-0.05, 0) is 26.7 Å². The van der Waals surface area contributed by atoms with Gasteiger partial charge < -0.3 is 15.0 Å². The van der Waals surface area contributed by atoms with Crippen LogP contribution in [0.3, 0.4) is 0 Å². The van der Waals surface area contributed by atoms with Gasteiger partial charge >= 0.3 is 0 Å². The van der Waals surface area contributed by atoms with E-state index in [0.717, 1.165) is 32.2 Å². The molecule has 0 aliphatic heterocycles. The van der Waals surface area contributed by atoms with Crippen molar-refractivity contribution in [2.45, 2.75) is 64.1 Å². The number of aromatic nitrogens is 2. The third-order valence-electron chi connectivity index (χ3n) is 3.85. The molecule has 2 N–H and O–H groups in total. The van der Waals surface area contributed by atoms with E-state index in [1.807, 2.05) is 12.5 Å². The van der Waals surface area contributed by atoms with E-state index in [1.165, 1.54) is 12.1 Å². The third kappa shape index (κ3) is 3.33. The van der Waals surface area contributed by atoms with Crippen LogP contribution in [0.4, 0.5) is 0 Å². The molecule has 0 spiro atoms. The molecular formula is C14H25N3O. The van der Waals surface area contributed by atoms with Crippen molar-refractivity contribution in [3.8, 4) is 0 Å². The molecule has 0 saturated heterocycles. The largest absolute Gasteiger partial charge is 0.389 e. The highest BCUT2D eigenvalue weighted by atomic mass is 16.3. The van der Waals surface area contributed by atoms with Crippen molar-refractivity contribution < 1.29 is 5.11 Å². The van der Waals surface area contributed by atoms with Gasteiger partial charge in [-0.1, -0.05) is 19.3 Å². The Morgan fingerprint density at radius 3 is 2.78 bits per heavy atom. The number of nitrogens with one attached hydrogen (secondary N) is 1. The third-order valence-corrected chi connectivity index (χ3v) is 3.85. The van der Waals surface area contributed by atoms with Crippen molar-refractivity contribution in [1.82, 2.24) is 14.9 Å². The molecule has 1 aliphatic rings. The van der Waals surface area contributed by atoms with E-state index in [2.05, 4.69) is 28.7 Å². The fourth-order valence-corrected chi connectivity index (χ4v) is 2.74. The van der Waals surface area contributed by atoms with Gasteiger partial charge in [-0.25, -0.2) is 4.98 Å². The van der Waals surface area contributed by atoms with Gasteiger partial charge in [0.25, 0.3) is 0 Å². The van der Waals surface area contributed by atoms with Crippen molar-refractivity contribution in [2.24, 2.45) is 0 Å². The van der Waals surface area contributed by atoms with Gasteiger partial charge in [-0.3, -0.25) is 0 Å². The Morgan fingerprint density at radius 2 is 2.11 bits per heavy atom. The van der Waals surface area contributed by atoms with Crippen LogP contribution < -0.4 is 5.32 Å². The van der Waals surface area contributed by atoms with Crippen LogP contribution in [0.5, 0.6) is 0 Å². The van der Waals surface area contributed by atoms with E-state index in [-0.39, 0.29) is 0 Å².